The second kappa shape index (κ2) is 7.63. The van der Waals surface area contributed by atoms with Gasteiger partial charge < -0.3 is 9.80 Å². The molecule has 0 N–H and O–H groups in total. The number of benzene rings is 1. The molecule has 7 nitrogen and oxygen atoms in total. The monoisotopic (exact) mass is 405 g/mol. The topological polar surface area (TPSA) is 68.6 Å². The number of amidine groups is 1. The molecule has 0 bridgehead atoms. The van der Waals surface area contributed by atoms with E-state index in [9.17, 15) is 12.8 Å². The van der Waals surface area contributed by atoms with Gasteiger partial charge in [0, 0.05) is 38.8 Å². The van der Waals surface area contributed by atoms with Gasteiger partial charge in [-0.2, -0.15) is 4.31 Å². The van der Waals surface area contributed by atoms with Crippen LogP contribution < -0.4 is 0 Å². The first-order valence-electron chi connectivity index (χ1n) is 9.52. The summed E-state index contributed by atoms with van der Waals surface area (Å²) in [5, 5.41) is 0. The van der Waals surface area contributed by atoms with Crippen molar-refractivity contribution in [3.05, 3.63) is 47.5 Å². The van der Waals surface area contributed by atoms with Crippen LogP contribution in [0.5, 0.6) is 0 Å². The molecular formula is C19H24FN5O2S. The van der Waals surface area contributed by atoms with E-state index in [0.29, 0.717) is 37.8 Å². The maximum Gasteiger partial charge on any atom is 0.218 e. The van der Waals surface area contributed by atoms with E-state index >= 15 is 0 Å². The lowest BCUT2D eigenvalue weighted by molar-refractivity contribution is 0.227. The molecule has 4 rings (SSSR count). The standard InChI is InChI=1S/C19H24FN5O2S/c1-2-17-12-24-14-21-18(11-19(24)22-17)23-6-8-25(9-7-23)28(26,27)13-15-4-3-5-16(20)10-15/h3-5,10-11,14,17H,2,6-9,12-13H2,1H3. The van der Waals surface area contributed by atoms with E-state index < -0.39 is 15.8 Å². The molecule has 9 heteroatoms. The number of hydrogen-bond acceptors (Lipinski definition) is 6. The Hall–Kier alpha value is -2.26. The molecule has 0 aliphatic carbocycles. The smallest absolute Gasteiger partial charge is 0.218 e. The number of sulfonamides is 1. The van der Waals surface area contributed by atoms with Gasteiger partial charge in [-0.15, -0.1) is 0 Å². The molecule has 0 saturated carbocycles. The Kier molecular flexibility index (Phi) is 5.20. The van der Waals surface area contributed by atoms with E-state index in [-0.39, 0.29) is 5.75 Å². The van der Waals surface area contributed by atoms with Crippen molar-refractivity contribution in [2.75, 3.05) is 32.7 Å². The van der Waals surface area contributed by atoms with Crippen LogP contribution in [-0.4, -0.2) is 73.5 Å². The number of rotatable bonds is 5. The number of aliphatic imine (C=N–C) groups is 2. The molecule has 0 radical (unpaired) electrons. The largest absolute Gasteiger partial charge is 0.354 e. The Labute approximate surface area is 164 Å². The van der Waals surface area contributed by atoms with Crippen LogP contribution in [0.25, 0.3) is 0 Å². The van der Waals surface area contributed by atoms with Crippen LogP contribution in [0.2, 0.25) is 0 Å². The van der Waals surface area contributed by atoms with Crippen LogP contribution in [0.3, 0.4) is 0 Å². The van der Waals surface area contributed by atoms with Crippen molar-refractivity contribution >= 4 is 22.2 Å². The lowest BCUT2D eigenvalue weighted by Crippen LogP contribution is -2.48. The molecule has 1 aromatic carbocycles. The Balaban J connectivity index is 1.39. The molecule has 3 heterocycles. The zero-order valence-electron chi connectivity index (χ0n) is 15.8. The minimum absolute atomic E-state index is 0.185. The number of piperazine rings is 1. The maximum absolute atomic E-state index is 13.3. The van der Waals surface area contributed by atoms with Gasteiger partial charge in [0.05, 0.1) is 18.1 Å². The molecule has 0 amide bonds. The Morgan fingerprint density at radius 3 is 2.71 bits per heavy atom. The van der Waals surface area contributed by atoms with Gasteiger partial charge in [0.25, 0.3) is 0 Å². The average Bonchev–Trinajstić information content (AvgIpc) is 3.10. The van der Waals surface area contributed by atoms with Gasteiger partial charge in [-0.05, 0) is 24.1 Å². The Morgan fingerprint density at radius 1 is 1.21 bits per heavy atom. The Bertz CT molecular complexity index is 935. The van der Waals surface area contributed by atoms with Crippen LogP contribution >= 0.6 is 0 Å². The van der Waals surface area contributed by atoms with E-state index in [4.69, 9.17) is 4.99 Å². The predicted molar refractivity (Wildman–Crippen MR) is 107 cm³/mol. The summed E-state index contributed by atoms with van der Waals surface area (Å²) >= 11 is 0. The quantitative estimate of drug-likeness (QED) is 0.747. The summed E-state index contributed by atoms with van der Waals surface area (Å²) in [6, 6.07) is 6.06. The summed E-state index contributed by atoms with van der Waals surface area (Å²) in [5.74, 6) is 1.15. The third-order valence-corrected chi connectivity index (χ3v) is 7.12. The van der Waals surface area contributed by atoms with Crippen LogP contribution in [0.1, 0.15) is 18.9 Å². The van der Waals surface area contributed by atoms with Crippen molar-refractivity contribution in [2.45, 2.75) is 25.1 Å². The lowest BCUT2D eigenvalue weighted by Gasteiger charge is -2.36. The zero-order valence-corrected chi connectivity index (χ0v) is 16.6. The summed E-state index contributed by atoms with van der Waals surface area (Å²) in [4.78, 5) is 13.4. The van der Waals surface area contributed by atoms with Gasteiger partial charge >= 0.3 is 0 Å². The van der Waals surface area contributed by atoms with Crippen LogP contribution in [0, 0.1) is 5.82 Å². The fourth-order valence-corrected chi connectivity index (χ4v) is 5.15. The van der Waals surface area contributed by atoms with Crippen LogP contribution in [0.15, 0.2) is 46.1 Å². The van der Waals surface area contributed by atoms with Crippen LogP contribution in [0.4, 0.5) is 4.39 Å². The Morgan fingerprint density at radius 2 is 2.00 bits per heavy atom. The molecule has 1 saturated heterocycles. The molecule has 1 unspecified atom stereocenters. The second-order valence-electron chi connectivity index (χ2n) is 7.22. The first-order valence-corrected chi connectivity index (χ1v) is 11.1. The van der Waals surface area contributed by atoms with Gasteiger partial charge in [-0.3, -0.25) is 4.99 Å². The van der Waals surface area contributed by atoms with Crippen molar-refractivity contribution < 1.29 is 12.8 Å². The molecule has 0 aromatic heterocycles. The highest BCUT2D eigenvalue weighted by molar-refractivity contribution is 7.88. The summed E-state index contributed by atoms with van der Waals surface area (Å²) in [6.07, 6.45) is 4.79. The van der Waals surface area contributed by atoms with E-state index in [2.05, 4.69) is 21.7 Å². The fraction of sp³-hybridized carbons (Fsp3) is 0.474. The number of hydrogen-bond donors (Lipinski definition) is 0. The minimum atomic E-state index is -3.48. The third kappa shape index (κ3) is 3.95. The van der Waals surface area contributed by atoms with E-state index in [1.165, 1.54) is 22.5 Å². The summed E-state index contributed by atoms with van der Waals surface area (Å²) in [5.41, 5.74) is 0.465. The maximum atomic E-state index is 13.3. The first-order chi connectivity index (χ1) is 13.4. The van der Waals surface area contributed by atoms with Gasteiger partial charge in [0.15, 0.2) is 0 Å². The van der Waals surface area contributed by atoms with Gasteiger partial charge in [0.1, 0.15) is 17.5 Å². The number of halogens is 1. The molecule has 3 aliphatic heterocycles. The average molecular weight is 405 g/mol. The second-order valence-corrected chi connectivity index (χ2v) is 9.19. The highest BCUT2D eigenvalue weighted by atomic mass is 32.2. The highest BCUT2D eigenvalue weighted by Crippen LogP contribution is 2.21. The minimum Gasteiger partial charge on any atom is -0.354 e. The summed E-state index contributed by atoms with van der Waals surface area (Å²) < 4.78 is 40.2. The van der Waals surface area contributed by atoms with Gasteiger partial charge in [-0.1, -0.05) is 19.1 Å². The van der Waals surface area contributed by atoms with Crippen molar-refractivity contribution in [1.82, 2.24) is 14.1 Å². The molecule has 0 spiro atoms. The first kappa shape index (κ1) is 19.1. The normalized spacial score (nSPS) is 22.9. The lowest BCUT2D eigenvalue weighted by atomic mass is 10.2. The van der Waals surface area contributed by atoms with E-state index in [0.717, 1.165) is 24.6 Å². The number of fused-ring (bicyclic) bond motifs is 1. The molecule has 28 heavy (non-hydrogen) atoms. The fourth-order valence-electron chi connectivity index (χ4n) is 3.65. The highest BCUT2D eigenvalue weighted by Gasteiger charge is 2.30. The van der Waals surface area contributed by atoms with Gasteiger partial charge in [0.2, 0.25) is 10.0 Å². The number of nitrogens with zero attached hydrogens (tertiary/aromatic N) is 5. The summed E-state index contributed by atoms with van der Waals surface area (Å²) in [6.45, 7) is 4.90. The molecule has 1 atom stereocenters. The molecule has 1 aromatic rings. The third-order valence-electron chi connectivity index (χ3n) is 5.27. The van der Waals surface area contributed by atoms with Crippen LogP contribution in [-0.2, 0) is 15.8 Å². The SMILES string of the molecule is CCC1CN2C=NC(N3CCN(S(=O)(=O)Cc4cccc(F)c4)CC3)=CC2=N1. The van der Waals surface area contributed by atoms with E-state index in [1.54, 1.807) is 6.07 Å². The van der Waals surface area contributed by atoms with Crippen molar-refractivity contribution in [3.8, 4) is 0 Å². The van der Waals surface area contributed by atoms with Crippen molar-refractivity contribution in [2.24, 2.45) is 9.98 Å². The van der Waals surface area contributed by atoms with Gasteiger partial charge in [-0.25, -0.2) is 17.8 Å². The van der Waals surface area contributed by atoms with E-state index in [1.807, 2.05) is 12.4 Å². The predicted octanol–water partition coefficient (Wildman–Crippen LogP) is 1.65. The van der Waals surface area contributed by atoms with Crippen molar-refractivity contribution in [1.29, 1.82) is 0 Å². The molecule has 150 valence electrons. The zero-order chi connectivity index (χ0) is 19.7. The summed E-state index contributed by atoms with van der Waals surface area (Å²) in [7, 11) is -3.48. The molecular weight excluding hydrogens is 381 g/mol. The molecule has 1 fully saturated rings. The molecule has 3 aliphatic rings. The van der Waals surface area contributed by atoms with Crippen molar-refractivity contribution in [3.63, 3.8) is 0 Å².